The van der Waals surface area contributed by atoms with E-state index in [0.29, 0.717) is 6.54 Å². The van der Waals surface area contributed by atoms with Crippen molar-refractivity contribution in [1.29, 1.82) is 0 Å². The number of amides is 1. The van der Waals surface area contributed by atoms with Gasteiger partial charge in [0, 0.05) is 19.0 Å². The Morgan fingerprint density at radius 3 is 2.92 bits per heavy atom. The van der Waals surface area contributed by atoms with Gasteiger partial charge in [0.15, 0.2) is 0 Å². The van der Waals surface area contributed by atoms with E-state index in [0.717, 1.165) is 42.9 Å². The Morgan fingerprint density at radius 1 is 1.36 bits per heavy atom. The largest absolute Gasteiger partial charge is 0.342 e. The average Bonchev–Trinajstić information content (AvgIpc) is 3.25. The highest BCUT2D eigenvalue weighted by Crippen LogP contribution is 2.40. The van der Waals surface area contributed by atoms with Crippen molar-refractivity contribution in [1.82, 2.24) is 9.88 Å². The molecule has 3 unspecified atom stereocenters. The lowest BCUT2D eigenvalue weighted by atomic mass is 9.82. The van der Waals surface area contributed by atoms with E-state index in [9.17, 15) is 4.79 Å². The van der Waals surface area contributed by atoms with E-state index >= 15 is 0 Å². The minimum Gasteiger partial charge on any atom is -0.342 e. The number of nitrogens with two attached hydrogens (primary N) is 1. The summed E-state index contributed by atoms with van der Waals surface area (Å²) in [6.45, 7) is 4.45. The van der Waals surface area contributed by atoms with Crippen LogP contribution in [0.1, 0.15) is 37.1 Å². The summed E-state index contributed by atoms with van der Waals surface area (Å²) in [5.74, 6) is 0.483. The molecule has 0 saturated carbocycles. The molecule has 1 fully saturated rings. The summed E-state index contributed by atoms with van der Waals surface area (Å²) in [4.78, 5) is 20.1. The van der Waals surface area contributed by atoms with Gasteiger partial charge in [0.2, 0.25) is 5.91 Å². The van der Waals surface area contributed by atoms with Gasteiger partial charge in [-0.2, -0.15) is 0 Å². The zero-order valence-electron chi connectivity index (χ0n) is 14.6. The van der Waals surface area contributed by atoms with Crippen LogP contribution in [0.2, 0.25) is 0 Å². The fourth-order valence-corrected chi connectivity index (χ4v) is 5.17. The number of hydrogen-bond acceptors (Lipinski definition) is 4. The Balaban J connectivity index is 1.59. The lowest BCUT2D eigenvalue weighted by Gasteiger charge is -2.31. The molecule has 2 aromatic rings. The highest BCUT2D eigenvalue weighted by Gasteiger charge is 2.40. The van der Waals surface area contributed by atoms with Crippen LogP contribution in [0.3, 0.4) is 0 Å². The molecule has 2 aliphatic rings. The molecule has 0 spiro atoms. The van der Waals surface area contributed by atoms with Crippen LogP contribution in [0.4, 0.5) is 0 Å². The smallest absolute Gasteiger partial charge is 0.226 e. The van der Waals surface area contributed by atoms with Gasteiger partial charge in [0.05, 0.1) is 21.1 Å². The summed E-state index contributed by atoms with van der Waals surface area (Å²) in [5, 5.41) is 1.10. The number of thiazole rings is 1. The predicted octanol–water partition coefficient (Wildman–Crippen LogP) is 3.54. The van der Waals surface area contributed by atoms with Crippen molar-refractivity contribution in [2.45, 2.75) is 32.1 Å². The zero-order chi connectivity index (χ0) is 17.4. The maximum Gasteiger partial charge on any atom is 0.226 e. The highest BCUT2D eigenvalue weighted by atomic mass is 32.1. The van der Waals surface area contributed by atoms with E-state index in [4.69, 9.17) is 10.7 Å². The molecular formula is C20H25N3OS. The number of fused-ring (bicyclic) bond motifs is 1. The molecule has 4 rings (SSSR count). The SMILES string of the molecule is CC1(CN)CCN(C(=O)C2CC=CCC2c2nc3ccccc3s2)C1. The number of aromatic nitrogens is 1. The zero-order valence-corrected chi connectivity index (χ0v) is 15.5. The lowest BCUT2D eigenvalue weighted by Crippen LogP contribution is -2.40. The first-order chi connectivity index (χ1) is 12.1. The average molecular weight is 356 g/mol. The Morgan fingerprint density at radius 2 is 2.16 bits per heavy atom. The molecule has 0 bridgehead atoms. The maximum absolute atomic E-state index is 13.2. The van der Waals surface area contributed by atoms with Crippen molar-refractivity contribution in [2.75, 3.05) is 19.6 Å². The van der Waals surface area contributed by atoms with Gasteiger partial charge < -0.3 is 10.6 Å². The van der Waals surface area contributed by atoms with Crippen molar-refractivity contribution >= 4 is 27.5 Å². The monoisotopic (exact) mass is 355 g/mol. The standard InChI is InChI=1S/C20H25N3OS/c1-20(12-21)10-11-23(13-20)19(24)15-7-3-2-6-14(15)18-22-16-8-4-5-9-17(16)25-18/h2-5,8-9,14-15H,6-7,10-13,21H2,1H3. The minimum absolute atomic E-state index is 0.00527. The second-order valence-electron chi connectivity index (χ2n) is 7.70. The molecule has 2 N–H and O–H groups in total. The molecule has 1 aromatic carbocycles. The van der Waals surface area contributed by atoms with Gasteiger partial charge in [-0.05, 0) is 43.4 Å². The fraction of sp³-hybridized carbons (Fsp3) is 0.500. The third-order valence-electron chi connectivity index (χ3n) is 5.74. The third-order valence-corrected chi connectivity index (χ3v) is 6.91. The summed E-state index contributed by atoms with van der Waals surface area (Å²) in [5.41, 5.74) is 7.03. The van der Waals surface area contributed by atoms with E-state index in [1.54, 1.807) is 11.3 Å². The van der Waals surface area contributed by atoms with Gasteiger partial charge in [0.25, 0.3) is 0 Å². The summed E-state index contributed by atoms with van der Waals surface area (Å²) in [7, 11) is 0. The predicted molar refractivity (Wildman–Crippen MR) is 103 cm³/mol. The minimum atomic E-state index is 0.00527. The fourth-order valence-electron chi connectivity index (χ4n) is 4.02. The quantitative estimate of drug-likeness (QED) is 0.857. The first kappa shape index (κ1) is 16.7. The number of nitrogens with zero attached hydrogens (tertiary/aromatic N) is 2. The molecule has 132 valence electrons. The molecule has 5 heteroatoms. The number of hydrogen-bond donors (Lipinski definition) is 1. The van der Waals surface area contributed by atoms with Gasteiger partial charge in [-0.25, -0.2) is 4.98 Å². The number of benzene rings is 1. The van der Waals surface area contributed by atoms with Gasteiger partial charge in [-0.3, -0.25) is 4.79 Å². The molecule has 3 atom stereocenters. The summed E-state index contributed by atoms with van der Waals surface area (Å²) in [6.07, 6.45) is 7.08. The van der Waals surface area contributed by atoms with E-state index < -0.39 is 0 Å². The Bertz CT molecular complexity index is 781. The van der Waals surface area contributed by atoms with Crippen molar-refractivity contribution < 1.29 is 4.79 Å². The van der Waals surface area contributed by atoms with Crippen LogP contribution in [0.5, 0.6) is 0 Å². The molecule has 25 heavy (non-hydrogen) atoms. The van der Waals surface area contributed by atoms with Gasteiger partial charge in [0.1, 0.15) is 0 Å². The van der Waals surface area contributed by atoms with Crippen LogP contribution >= 0.6 is 11.3 Å². The summed E-state index contributed by atoms with van der Waals surface area (Å²) >= 11 is 1.74. The maximum atomic E-state index is 13.2. The van der Waals surface area contributed by atoms with Crippen molar-refractivity contribution in [3.63, 3.8) is 0 Å². The van der Waals surface area contributed by atoms with E-state index in [1.807, 2.05) is 17.0 Å². The summed E-state index contributed by atoms with van der Waals surface area (Å²) in [6, 6.07) is 8.23. The number of carbonyl (C=O) groups excluding carboxylic acids is 1. The lowest BCUT2D eigenvalue weighted by molar-refractivity contribution is -0.135. The van der Waals surface area contributed by atoms with Crippen LogP contribution in [-0.4, -0.2) is 35.4 Å². The molecule has 4 nitrogen and oxygen atoms in total. The first-order valence-corrected chi connectivity index (χ1v) is 9.91. The second kappa shape index (κ2) is 6.54. The first-order valence-electron chi connectivity index (χ1n) is 9.09. The number of para-hydroxylation sites is 1. The Labute approximate surface area is 152 Å². The van der Waals surface area contributed by atoms with Gasteiger partial charge in [-0.15, -0.1) is 11.3 Å². The Hall–Kier alpha value is -1.72. The molecule has 1 aliphatic carbocycles. The van der Waals surface area contributed by atoms with Crippen molar-refractivity contribution in [3.8, 4) is 0 Å². The Kier molecular flexibility index (Phi) is 4.38. The molecule has 0 radical (unpaired) electrons. The number of rotatable bonds is 3. The van der Waals surface area contributed by atoms with Gasteiger partial charge in [-0.1, -0.05) is 31.2 Å². The third kappa shape index (κ3) is 3.11. The normalized spacial score (nSPS) is 29.4. The number of carbonyl (C=O) groups is 1. The number of likely N-dealkylation sites (tertiary alicyclic amines) is 1. The summed E-state index contributed by atoms with van der Waals surface area (Å²) < 4.78 is 1.20. The molecule has 1 amide bonds. The van der Waals surface area contributed by atoms with Crippen molar-refractivity contribution in [3.05, 3.63) is 41.4 Å². The van der Waals surface area contributed by atoms with Crippen LogP contribution in [0, 0.1) is 11.3 Å². The second-order valence-corrected chi connectivity index (χ2v) is 8.76. The molecule has 2 heterocycles. The van der Waals surface area contributed by atoms with Crippen LogP contribution in [0.15, 0.2) is 36.4 Å². The molecular weight excluding hydrogens is 330 g/mol. The number of allylic oxidation sites excluding steroid dienone is 2. The van der Waals surface area contributed by atoms with Crippen LogP contribution in [0.25, 0.3) is 10.2 Å². The van der Waals surface area contributed by atoms with Crippen molar-refractivity contribution in [2.24, 2.45) is 17.1 Å². The van der Waals surface area contributed by atoms with Crippen LogP contribution in [-0.2, 0) is 4.79 Å². The van der Waals surface area contributed by atoms with Crippen LogP contribution < -0.4 is 5.73 Å². The molecule has 1 aromatic heterocycles. The van der Waals surface area contributed by atoms with E-state index in [-0.39, 0.29) is 23.2 Å². The highest BCUT2D eigenvalue weighted by molar-refractivity contribution is 7.18. The van der Waals surface area contributed by atoms with E-state index in [1.165, 1.54) is 4.70 Å². The topological polar surface area (TPSA) is 59.2 Å². The van der Waals surface area contributed by atoms with E-state index in [2.05, 4.69) is 31.2 Å². The van der Waals surface area contributed by atoms with Gasteiger partial charge >= 0.3 is 0 Å². The molecule has 1 saturated heterocycles. The molecule has 1 aliphatic heterocycles.